The number of fused-ring (bicyclic) bond motifs is 1. The van der Waals surface area contributed by atoms with Gasteiger partial charge in [0.15, 0.2) is 6.61 Å². The molecule has 0 saturated carbocycles. The number of rotatable bonds is 6. The average Bonchev–Trinajstić information content (AvgIpc) is 3.17. The molecule has 2 heterocycles. The summed E-state index contributed by atoms with van der Waals surface area (Å²) in [5.74, 6) is -0.807. The lowest BCUT2D eigenvalue weighted by Gasteiger charge is -2.02. The molecule has 26 heavy (non-hydrogen) atoms. The monoisotopic (exact) mass is 367 g/mol. The van der Waals surface area contributed by atoms with E-state index in [4.69, 9.17) is 10.00 Å². The molecule has 0 atom stereocenters. The van der Waals surface area contributed by atoms with E-state index in [0.717, 1.165) is 15.9 Å². The van der Waals surface area contributed by atoms with Crippen LogP contribution in [0.1, 0.15) is 37.2 Å². The molecule has 0 spiro atoms. The Morgan fingerprint density at radius 1 is 1.31 bits per heavy atom. The minimum absolute atomic E-state index is 0.274. The Balaban J connectivity index is 1.79. The number of benzene rings is 1. The van der Waals surface area contributed by atoms with E-state index in [-0.39, 0.29) is 12.4 Å². The van der Waals surface area contributed by atoms with Gasteiger partial charge in [-0.15, -0.1) is 11.3 Å². The third kappa shape index (κ3) is 3.51. The van der Waals surface area contributed by atoms with E-state index in [9.17, 15) is 9.59 Å². The SMILES string of the molecule is Cc1nc(C)c(C(=O)OCC(=O)c2cn(CCC#N)c3ccccc23)s1. The number of aromatic nitrogens is 2. The van der Waals surface area contributed by atoms with Gasteiger partial charge in [-0.3, -0.25) is 4.79 Å². The molecule has 0 aliphatic carbocycles. The fourth-order valence-corrected chi connectivity index (χ4v) is 3.63. The van der Waals surface area contributed by atoms with Crippen molar-refractivity contribution in [2.45, 2.75) is 26.8 Å². The molecule has 3 aromatic rings. The third-order valence-corrected chi connectivity index (χ3v) is 5.03. The third-order valence-electron chi connectivity index (χ3n) is 3.98. The molecule has 0 N–H and O–H groups in total. The van der Waals surface area contributed by atoms with Crippen molar-refractivity contribution in [2.24, 2.45) is 0 Å². The Kier molecular flexibility index (Phi) is 5.14. The standard InChI is InChI=1S/C19H17N3O3S/c1-12-18(26-13(2)21-12)19(24)25-11-17(23)15-10-22(9-5-8-20)16-7-4-3-6-14(15)16/h3-4,6-7,10H,5,9,11H2,1-2H3. The van der Waals surface area contributed by atoms with Crippen LogP contribution in [0.25, 0.3) is 10.9 Å². The van der Waals surface area contributed by atoms with Gasteiger partial charge in [0.25, 0.3) is 0 Å². The smallest absolute Gasteiger partial charge is 0.350 e. The van der Waals surface area contributed by atoms with E-state index in [1.807, 2.05) is 35.8 Å². The molecule has 2 aromatic heterocycles. The highest BCUT2D eigenvalue weighted by atomic mass is 32.1. The highest BCUT2D eigenvalue weighted by Gasteiger charge is 2.19. The van der Waals surface area contributed by atoms with Crippen molar-refractivity contribution in [1.29, 1.82) is 5.26 Å². The number of ketones is 1. The van der Waals surface area contributed by atoms with Gasteiger partial charge in [-0.05, 0) is 19.9 Å². The van der Waals surface area contributed by atoms with Crippen LogP contribution in [-0.2, 0) is 11.3 Å². The maximum Gasteiger partial charge on any atom is 0.350 e. The van der Waals surface area contributed by atoms with Crippen molar-refractivity contribution >= 4 is 34.0 Å². The zero-order valence-electron chi connectivity index (χ0n) is 14.5. The number of para-hydroxylation sites is 1. The first kappa shape index (κ1) is 17.8. The summed E-state index contributed by atoms with van der Waals surface area (Å²) in [7, 11) is 0. The van der Waals surface area contributed by atoms with Crippen LogP contribution in [0.5, 0.6) is 0 Å². The van der Waals surface area contributed by atoms with Crippen molar-refractivity contribution in [3.05, 3.63) is 51.6 Å². The summed E-state index contributed by atoms with van der Waals surface area (Å²) >= 11 is 1.25. The Morgan fingerprint density at radius 3 is 2.77 bits per heavy atom. The second kappa shape index (κ2) is 7.50. The molecule has 0 bridgehead atoms. The average molecular weight is 367 g/mol. The van der Waals surface area contributed by atoms with Gasteiger partial charge in [0, 0.05) is 29.2 Å². The van der Waals surface area contributed by atoms with Gasteiger partial charge in [0.1, 0.15) is 4.88 Å². The maximum atomic E-state index is 12.6. The zero-order chi connectivity index (χ0) is 18.7. The summed E-state index contributed by atoms with van der Waals surface area (Å²) in [4.78, 5) is 29.4. The minimum Gasteiger partial charge on any atom is -0.453 e. The number of hydrogen-bond donors (Lipinski definition) is 0. The van der Waals surface area contributed by atoms with Gasteiger partial charge in [-0.25, -0.2) is 9.78 Å². The van der Waals surface area contributed by atoms with Gasteiger partial charge in [0.2, 0.25) is 5.78 Å². The second-order valence-electron chi connectivity index (χ2n) is 5.81. The summed E-state index contributed by atoms with van der Waals surface area (Å²) < 4.78 is 7.08. The lowest BCUT2D eigenvalue weighted by Crippen LogP contribution is -2.14. The molecule has 7 heteroatoms. The molecule has 6 nitrogen and oxygen atoms in total. The van der Waals surface area contributed by atoms with Crippen LogP contribution in [0.15, 0.2) is 30.5 Å². The van der Waals surface area contributed by atoms with E-state index >= 15 is 0 Å². The summed E-state index contributed by atoms with van der Waals surface area (Å²) in [6.45, 7) is 3.73. The van der Waals surface area contributed by atoms with E-state index < -0.39 is 5.97 Å². The Morgan fingerprint density at radius 2 is 2.08 bits per heavy atom. The van der Waals surface area contributed by atoms with Crippen molar-refractivity contribution in [3.63, 3.8) is 0 Å². The van der Waals surface area contributed by atoms with Crippen LogP contribution < -0.4 is 0 Å². The van der Waals surface area contributed by atoms with Crippen molar-refractivity contribution in [2.75, 3.05) is 6.61 Å². The Labute approximate surface area is 154 Å². The Bertz CT molecular complexity index is 1030. The molecule has 0 radical (unpaired) electrons. The molecule has 3 rings (SSSR count). The molecule has 0 aliphatic heterocycles. The van der Waals surface area contributed by atoms with Crippen LogP contribution in [0.4, 0.5) is 0 Å². The summed E-state index contributed by atoms with van der Waals surface area (Å²) in [6.07, 6.45) is 2.07. The summed E-state index contributed by atoms with van der Waals surface area (Å²) in [5, 5.41) is 10.4. The van der Waals surface area contributed by atoms with E-state index in [1.54, 1.807) is 13.1 Å². The topological polar surface area (TPSA) is 85.0 Å². The second-order valence-corrected chi connectivity index (χ2v) is 7.01. The molecule has 132 valence electrons. The molecule has 1 aromatic carbocycles. The van der Waals surface area contributed by atoms with Gasteiger partial charge in [0.05, 0.1) is 23.2 Å². The van der Waals surface area contributed by atoms with Crippen molar-refractivity contribution in [1.82, 2.24) is 9.55 Å². The highest BCUT2D eigenvalue weighted by molar-refractivity contribution is 7.13. The maximum absolute atomic E-state index is 12.6. The summed E-state index contributed by atoms with van der Waals surface area (Å²) in [5.41, 5.74) is 1.98. The number of nitriles is 1. The van der Waals surface area contributed by atoms with Crippen LogP contribution >= 0.6 is 11.3 Å². The van der Waals surface area contributed by atoms with Crippen LogP contribution in [0, 0.1) is 25.2 Å². The Hall–Kier alpha value is -2.98. The summed E-state index contributed by atoms with van der Waals surface area (Å²) in [6, 6.07) is 9.59. The lowest BCUT2D eigenvalue weighted by molar-refractivity contribution is 0.0479. The highest BCUT2D eigenvalue weighted by Crippen LogP contribution is 2.23. The number of Topliss-reactive ketones (excluding diaryl/α,β-unsaturated/α-hetero) is 1. The molecule has 0 fully saturated rings. The van der Waals surface area contributed by atoms with Gasteiger partial charge in [-0.2, -0.15) is 5.26 Å². The number of thiazole rings is 1. The first-order valence-electron chi connectivity index (χ1n) is 8.10. The zero-order valence-corrected chi connectivity index (χ0v) is 15.3. The van der Waals surface area contributed by atoms with E-state index in [0.29, 0.717) is 29.1 Å². The number of aryl methyl sites for hydroxylation is 3. The fraction of sp³-hybridized carbons (Fsp3) is 0.263. The number of ether oxygens (including phenoxy) is 1. The quantitative estimate of drug-likeness (QED) is 0.490. The molecule has 0 unspecified atom stereocenters. The largest absolute Gasteiger partial charge is 0.453 e. The number of esters is 1. The molecule has 0 amide bonds. The van der Waals surface area contributed by atoms with E-state index in [2.05, 4.69) is 11.1 Å². The predicted molar refractivity (Wildman–Crippen MR) is 98.4 cm³/mol. The first-order chi connectivity index (χ1) is 12.5. The van der Waals surface area contributed by atoms with Gasteiger partial charge in [-0.1, -0.05) is 18.2 Å². The molecule has 0 saturated heterocycles. The van der Waals surface area contributed by atoms with Crippen LogP contribution in [-0.4, -0.2) is 27.9 Å². The normalized spacial score (nSPS) is 10.7. The minimum atomic E-state index is -0.533. The van der Waals surface area contributed by atoms with Crippen LogP contribution in [0.2, 0.25) is 0 Å². The van der Waals surface area contributed by atoms with E-state index in [1.165, 1.54) is 11.3 Å². The lowest BCUT2D eigenvalue weighted by atomic mass is 10.1. The predicted octanol–water partition coefficient (Wildman–Crippen LogP) is 3.67. The molecule has 0 aliphatic rings. The molecular weight excluding hydrogens is 350 g/mol. The number of carbonyl (C=O) groups excluding carboxylic acids is 2. The molecular formula is C19H17N3O3S. The number of hydrogen-bond acceptors (Lipinski definition) is 6. The van der Waals surface area contributed by atoms with Gasteiger partial charge >= 0.3 is 5.97 Å². The van der Waals surface area contributed by atoms with Crippen molar-refractivity contribution < 1.29 is 14.3 Å². The van der Waals surface area contributed by atoms with Crippen molar-refractivity contribution in [3.8, 4) is 6.07 Å². The van der Waals surface area contributed by atoms with Crippen LogP contribution in [0.3, 0.4) is 0 Å². The number of carbonyl (C=O) groups is 2. The first-order valence-corrected chi connectivity index (χ1v) is 8.92. The van der Waals surface area contributed by atoms with Gasteiger partial charge < -0.3 is 9.30 Å². The number of nitrogens with zero attached hydrogens (tertiary/aromatic N) is 3. The fourth-order valence-electron chi connectivity index (χ4n) is 2.82.